The van der Waals surface area contributed by atoms with Gasteiger partial charge in [-0.2, -0.15) is 0 Å². The van der Waals surface area contributed by atoms with Crippen LogP contribution in [-0.4, -0.2) is 43.8 Å². The van der Waals surface area contributed by atoms with Crippen LogP contribution in [0.15, 0.2) is 114 Å². The molecule has 0 heterocycles. The lowest BCUT2D eigenvalue weighted by molar-refractivity contribution is -0.140. The highest BCUT2D eigenvalue weighted by Gasteiger charge is 2.35. The van der Waals surface area contributed by atoms with Gasteiger partial charge in [0.25, 0.3) is 10.0 Å². The predicted molar refractivity (Wildman–Crippen MR) is 178 cm³/mol. The fraction of sp³-hybridized carbons (Fsp3) is 0.297. The number of nitrogens with zero attached hydrogens (tertiary/aromatic N) is 2. The monoisotopic (exact) mass is 623 g/mol. The average molecular weight is 624 g/mol. The van der Waals surface area contributed by atoms with Crippen molar-refractivity contribution in [3.63, 3.8) is 0 Å². The molecule has 1 aliphatic carbocycles. The van der Waals surface area contributed by atoms with Gasteiger partial charge in [0.1, 0.15) is 12.6 Å². The Balaban J connectivity index is 1.56. The van der Waals surface area contributed by atoms with Crippen LogP contribution in [0.5, 0.6) is 0 Å². The minimum Gasteiger partial charge on any atom is -0.352 e. The van der Waals surface area contributed by atoms with E-state index in [1.807, 2.05) is 80.6 Å². The van der Waals surface area contributed by atoms with Crippen molar-refractivity contribution < 1.29 is 18.0 Å². The number of hydrogen-bond acceptors (Lipinski definition) is 4. The Bertz CT molecular complexity index is 1690. The summed E-state index contributed by atoms with van der Waals surface area (Å²) in [7, 11) is -4.11. The molecule has 0 aromatic heterocycles. The molecule has 0 saturated heterocycles. The summed E-state index contributed by atoms with van der Waals surface area (Å²) in [6.45, 7) is 3.60. The van der Waals surface area contributed by atoms with Crippen molar-refractivity contribution in [3.8, 4) is 0 Å². The zero-order valence-corrected chi connectivity index (χ0v) is 26.7. The van der Waals surface area contributed by atoms with E-state index in [1.165, 1.54) is 12.1 Å². The summed E-state index contributed by atoms with van der Waals surface area (Å²) in [5.74, 6) is -0.682. The van der Waals surface area contributed by atoms with Crippen LogP contribution in [0.1, 0.15) is 47.9 Å². The van der Waals surface area contributed by atoms with Gasteiger partial charge in [0.05, 0.1) is 10.6 Å². The molecule has 0 aliphatic heterocycles. The Morgan fingerprint density at radius 1 is 0.778 bits per heavy atom. The Kier molecular flexibility index (Phi) is 10.4. The Hall–Kier alpha value is -4.43. The minimum absolute atomic E-state index is 0.0641. The third-order valence-corrected chi connectivity index (χ3v) is 10.1. The summed E-state index contributed by atoms with van der Waals surface area (Å²) < 4.78 is 29.3. The summed E-state index contributed by atoms with van der Waals surface area (Å²) in [6, 6.07) is 31.9. The first-order chi connectivity index (χ1) is 21.7. The number of amides is 2. The molecule has 45 heavy (non-hydrogen) atoms. The molecule has 0 spiro atoms. The number of carbonyl (C=O) groups excluding carboxylic acids is 2. The van der Waals surface area contributed by atoms with Crippen molar-refractivity contribution in [2.45, 2.75) is 69.5 Å². The first kappa shape index (κ1) is 32.0. The van der Waals surface area contributed by atoms with Crippen molar-refractivity contribution in [2.75, 3.05) is 10.8 Å². The lowest BCUT2D eigenvalue weighted by atomic mass is 10.0. The van der Waals surface area contributed by atoms with Crippen LogP contribution in [-0.2, 0) is 32.6 Å². The van der Waals surface area contributed by atoms with E-state index in [4.69, 9.17) is 0 Å². The second kappa shape index (κ2) is 14.6. The van der Waals surface area contributed by atoms with Gasteiger partial charge in [0, 0.05) is 19.0 Å². The van der Waals surface area contributed by atoms with Gasteiger partial charge in [0.2, 0.25) is 11.8 Å². The summed E-state index contributed by atoms with van der Waals surface area (Å²) in [4.78, 5) is 30.3. The maximum Gasteiger partial charge on any atom is 0.264 e. The summed E-state index contributed by atoms with van der Waals surface area (Å²) >= 11 is 0. The molecule has 5 rings (SSSR count). The molecule has 4 aromatic carbocycles. The van der Waals surface area contributed by atoms with Gasteiger partial charge in [-0.05, 0) is 62.1 Å². The van der Waals surface area contributed by atoms with Crippen molar-refractivity contribution in [1.82, 2.24) is 10.2 Å². The standard InChI is InChI=1S/C37H41N3O4S/c1-28-20-22-33(23-21-28)40(45(43,44)34-18-7-4-8-19-34)27-36(41)39(26-31-15-11-12-29(2)24-31)35(25-30-13-5-3-6-14-30)37(42)38-32-16-9-10-17-32/h3-8,11-15,18-24,32,35H,9-10,16-17,25-27H2,1-2H3,(H,38,42). The van der Waals surface area contributed by atoms with E-state index in [0.717, 1.165) is 52.2 Å². The number of sulfonamides is 1. The van der Waals surface area contributed by atoms with Crippen LogP contribution in [0, 0.1) is 13.8 Å². The smallest absolute Gasteiger partial charge is 0.264 e. The van der Waals surface area contributed by atoms with Crippen LogP contribution in [0.3, 0.4) is 0 Å². The minimum atomic E-state index is -4.11. The second-order valence-corrected chi connectivity index (χ2v) is 13.7. The van der Waals surface area contributed by atoms with E-state index in [0.29, 0.717) is 12.1 Å². The van der Waals surface area contributed by atoms with Crippen molar-refractivity contribution in [3.05, 3.63) is 131 Å². The summed E-state index contributed by atoms with van der Waals surface area (Å²) in [6.07, 6.45) is 4.23. The van der Waals surface area contributed by atoms with Crippen LogP contribution in [0.2, 0.25) is 0 Å². The van der Waals surface area contributed by atoms with Gasteiger partial charge >= 0.3 is 0 Å². The van der Waals surface area contributed by atoms with E-state index in [-0.39, 0.29) is 23.4 Å². The zero-order valence-electron chi connectivity index (χ0n) is 25.9. The highest BCUT2D eigenvalue weighted by Crippen LogP contribution is 2.26. The lowest BCUT2D eigenvalue weighted by Gasteiger charge is -2.34. The molecule has 2 amide bonds. The molecule has 7 nitrogen and oxygen atoms in total. The summed E-state index contributed by atoms with van der Waals surface area (Å²) in [5.41, 5.74) is 4.15. The first-order valence-corrected chi connectivity index (χ1v) is 17.0. The van der Waals surface area contributed by atoms with E-state index in [2.05, 4.69) is 5.32 Å². The van der Waals surface area contributed by atoms with Crippen molar-refractivity contribution in [2.24, 2.45) is 0 Å². The van der Waals surface area contributed by atoms with Crippen LogP contribution < -0.4 is 9.62 Å². The van der Waals surface area contributed by atoms with Gasteiger partial charge in [-0.25, -0.2) is 8.42 Å². The van der Waals surface area contributed by atoms with Gasteiger partial charge in [-0.1, -0.05) is 109 Å². The Labute approximate surface area is 266 Å². The number of anilines is 1. The maximum absolute atomic E-state index is 14.6. The molecule has 1 saturated carbocycles. The SMILES string of the molecule is Cc1ccc(N(CC(=O)N(Cc2cccc(C)c2)C(Cc2ccccc2)C(=O)NC2CCCC2)S(=O)(=O)c2ccccc2)cc1. The normalized spacial score (nSPS) is 14.1. The van der Waals surface area contributed by atoms with Crippen molar-refractivity contribution in [1.29, 1.82) is 0 Å². The molecular weight excluding hydrogens is 582 g/mol. The predicted octanol–water partition coefficient (Wildman–Crippen LogP) is 6.20. The Morgan fingerprint density at radius 3 is 2.04 bits per heavy atom. The molecule has 0 bridgehead atoms. The third kappa shape index (κ3) is 8.19. The quantitative estimate of drug-likeness (QED) is 0.204. The molecule has 1 unspecified atom stereocenters. The highest BCUT2D eigenvalue weighted by atomic mass is 32.2. The second-order valence-electron chi connectivity index (χ2n) is 11.9. The number of aryl methyl sites for hydroxylation is 2. The fourth-order valence-corrected chi connectivity index (χ4v) is 7.32. The topological polar surface area (TPSA) is 86.8 Å². The Morgan fingerprint density at radius 2 is 1.40 bits per heavy atom. The van der Waals surface area contributed by atoms with E-state index in [1.54, 1.807) is 35.2 Å². The number of benzene rings is 4. The van der Waals surface area contributed by atoms with E-state index < -0.39 is 28.5 Å². The van der Waals surface area contributed by atoms with E-state index >= 15 is 0 Å². The maximum atomic E-state index is 14.6. The van der Waals surface area contributed by atoms with Gasteiger partial charge < -0.3 is 10.2 Å². The molecule has 1 N–H and O–H groups in total. The van der Waals surface area contributed by atoms with Crippen LogP contribution in [0.4, 0.5) is 5.69 Å². The van der Waals surface area contributed by atoms with Gasteiger partial charge in [-0.3, -0.25) is 13.9 Å². The molecule has 1 aliphatic rings. The van der Waals surface area contributed by atoms with Crippen LogP contribution in [0.25, 0.3) is 0 Å². The zero-order chi connectivity index (χ0) is 31.8. The molecule has 4 aromatic rings. The molecule has 0 radical (unpaired) electrons. The number of nitrogens with one attached hydrogen (secondary N) is 1. The first-order valence-electron chi connectivity index (χ1n) is 15.5. The molecular formula is C37H41N3O4S. The van der Waals surface area contributed by atoms with E-state index in [9.17, 15) is 18.0 Å². The molecule has 8 heteroatoms. The van der Waals surface area contributed by atoms with Crippen molar-refractivity contribution >= 4 is 27.5 Å². The van der Waals surface area contributed by atoms with Gasteiger partial charge in [-0.15, -0.1) is 0 Å². The lowest BCUT2D eigenvalue weighted by Crippen LogP contribution is -2.54. The number of carbonyl (C=O) groups is 2. The molecule has 1 atom stereocenters. The highest BCUT2D eigenvalue weighted by molar-refractivity contribution is 7.92. The third-order valence-electron chi connectivity index (χ3n) is 8.34. The van der Waals surface area contributed by atoms with Gasteiger partial charge in [0.15, 0.2) is 0 Å². The van der Waals surface area contributed by atoms with Crippen LogP contribution >= 0.6 is 0 Å². The number of rotatable bonds is 12. The number of hydrogen-bond donors (Lipinski definition) is 1. The average Bonchev–Trinajstić information content (AvgIpc) is 3.56. The molecule has 234 valence electrons. The summed E-state index contributed by atoms with van der Waals surface area (Å²) in [5, 5.41) is 3.21. The fourth-order valence-electron chi connectivity index (χ4n) is 5.89. The molecule has 1 fully saturated rings. The largest absolute Gasteiger partial charge is 0.352 e.